The Morgan fingerprint density at radius 3 is 2.80 bits per heavy atom. The van der Waals surface area contributed by atoms with E-state index in [-0.39, 0.29) is 4.21 Å². The quantitative estimate of drug-likeness (QED) is 0.745. The zero-order valence-corrected chi connectivity index (χ0v) is 9.99. The van der Waals surface area contributed by atoms with E-state index in [1.807, 2.05) is 0 Å². The molecule has 1 aromatic rings. The van der Waals surface area contributed by atoms with Crippen LogP contribution in [0.4, 0.5) is 0 Å². The fourth-order valence-electron chi connectivity index (χ4n) is 1.38. The molecule has 15 heavy (non-hydrogen) atoms. The highest BCUT2D eigenvalue weighted by atomic mass is 32.3. The summed E-state index contributed by atoms with van der Waals surface area (Å²) in [7, 11) is -4.98. The van der Waals surface area contributed by atoms with Crippen molar-refractivity contribution in [2.45, 2.75) is 20.9 Å². The largest absolute Gasteiger partial charge is 0.388 e. The highest BCUT2D eigenvalue weighted by molar-refractivity contribution is 7.92. The second-order valence-corrected chi connectivity index (χ2v) is 7.81. The summed E-state index contributed by atoms with van der Waals surface area (Å²) >= 11 is 0.881. The molecule has 1 aliphatic rings. The maximum Gasteiger partial charge on any atom is 0.247 e. The van der Waals surface area contributed by atoms with Crippen LogP contribution >= 0.6 is 11.3 Å². The van der Waals surface area contributed by atoms with Crippen molar-refractivity contribution < 1.29 is 17.7 Å². The number of rotatable bonds is 1. The number of thiophene rings is 1. The lowest BCUT2D eigenvalue weighted by Gasteiger charge is -2.15. The Hall–Kier alpha value is -0.280. The van der Waals surface area contributed by atoms with E-state index in [0.717, 1.165) is 11.3 Å². The predicted octanol–water partition coefficient (Wildman–Crippen LogP) is -0.0598. The van der Waals surface area contributed by atoms with Gasteiger partial charge in [-0.15, -0.1) is 11.3 Å². The third-order valence-corrected chi connectivity index (χ3v) is 6.55. The molecular weight excluding hydrogens is 258 g/mol. The van der Waals surface area contributed by atoms with Crippen LogP contribution < -0.4 is 5.14 Å². The topological polar surface area (TPSA) is 97.5 Å². The van der Waals surface area contributed by atoms with Crippen molar-refractivity contribution in [3.05, 3.63) is 11.6 Å². The molecule has 0 radical (unpaired) electrons. The van der Waals surface area contributed by atoms with E-state index in [2.05, 4.69) is 0 Å². The Kier molecular flexibility index (Phi) is 2.72. The van der Waals surface area contributed by atoms with Crippen molar-refractivity contribution in [3.63, 3.8) is 0 Å². The van der Waals surface area contributed by atoms with Gasteiger partial charge in [0.15, 0.2) is 0 Å². The van der Waals surface area contributed by atoms with E-state index in [9.17, 15) is 17.7 Å². The van der Waals surface area contributed by atoms with E-state index in [0.29, 0.717) is 21.9 Å². The van der Waals surface area contributed by atoms with E-state index in [1.165, 1.54) is 6.07 Å². The summed E-state index contributed by atoms with van der Waals surface area (Å²) in [4.78, 5) is 0. The third kappa shape index (κ3) is 2.00. The fourth-order valence-corrected chi connectivity index (χ4v) is 5.20. The van der Waals surface area contributed by atoms with Crippen LogP contribution in [0.1, 0.15) is 18.1 Å². The van der Waals surface area contributed by atoms with Gasteiger partial charge in [-0.1, -0.05) is 0 Å². The van der Waals surface area contributed by atoms with Crippen LogP contribution in [0.25, 0.3) is 0 Å². The first kappa shape index (κ1) is 11.2. The molecule has 1 aromatic heterocycles. The van der Waals surface area contributed by atoms with Gasteiger partial charge in [-0.2, -0.15) is 0 Å². The molecule has 0 aliphatic carbocycles. The van der Waals surface area contributed by atoms with Crippen molar-refractivity contribution >= 4 is 32.2 Å². The Balaban J connectivity index is 2.60. The average molecular weight is 267 g/mol. The van der Waals surface area contributed by atoms with Crippen molar-refractivity contribution in [1.29, 1.82) is 0 Å². The fraction of sp³-hybridized carbons (Fsp3) is 0.429. The predicted molar refractivity (Wildman–Crippen MR) is 56.5 cm³/mol. The monoisotopic (exact) mass is 267 g/mol. The van der Waals surface area contributed by atoms with Gasteiger partial charge < -0.3 is 5.11 Å². The molecule has 0 saturated heterocycles. The van der Waals surface area contributed by atoms with Crippen LogP contribution in [0.5, 0.6) is 0 Å². The smallest absolute Gasteiger partial charge is 0.247 e. The summed E-state index contributed by atoms with van der Waals surface area (Å²) in [5.74, 6) is 0.360. The molecule has 0 amide bonds. The van der Waals surface area contributed by atoms with Crippen LogP contribution in [0.2, 0.25) is 0 Å². The van der Waals surface area contributed by atoms with Gasteiger partial charge in [-0.25, -0.2) is 13.6 Å². The average Bonchev–Trinajstić information content (AvgIpc) is 2.56. The summed E-state index contributed by atoms with van der Waals surface area (Å²) in [6, 6.07) is 1.32. The lowest BCUT2D eigenvalue weighted by molar-refractivity contribution is 0.170. The molecule has 2 rings (SSSR count). The van der Waals surface area contributed by atoms with E-state index >= 15 is 0 Å². The SMILES string of the molecule is NS(=O)(=O)c1cc2c(s1)S(=O)CC[C@H]2O. The number of hydrogen-bond acceptors (Lipinski definition) is 5. The number of fused-ring (bicyclic) bond motifs is 1. The van der Waals surface area contributed by atoms with Crippen LogP contribution in [0.15, 0.2) is 14.5 Å². The van der Waals surface area contributed by atoms with Gasteiger partial charge in [-0.3, -0.25) is 4.21 Å². The Morgan fingerprint density at radius 1 is 1.60 bits per heavy atom. The van der Waals surface area contributed by atoms with Gasteiger partial charge in [0.25, 0.3) is 0 Å². The van der Waals surface area contributed by atoms with Gasteiger partial charge in [0.1, 0.15) is 4.21 Å². The van der Waals surface area contributed by atoms with Gasteiger partial charge in [0.05, 0.1) is 21.1 Å². The lowest BCUT2D eigenvalue weighted by atomic mass is 10.1. The zero-order valence-electron chi connectivity index (χ0n) is 7.54. The molecular formula is C7H9NO4S3. The Labute approximate surface area is 93.4 Å². The van der Waals surface area contributed by atoms with Crippen LogP contribution in [-0.2, 0) is 20.8 Å². The highest BCUT2D eigenvalue weighted by Gasteiger charge is 2.28. The number of primary sulfonamides is 1. The molecule has 0 fully saturated rings. The van der Waals surface area contributed by atoms with Crippen molar-refractivity contribution in [1.82, 2.24) is 0 Å². The van der Waals surface area contributed by atoms with Crippen LogP contribution in [0, 0.1) is 0 Å². The zero-order chi connectivity index (χ0) is 11.2. The minimum atomic E-state index is -3.77. The molecule has 3 N–H and O–H groups in total. The first-order valence-corrected chi connectivity index (χ1v) is 7.81. The van der Waals surface area contributed by atoms with Crippen molar-refractivity contribution in [3.8, 4) is 0 Å². The number of nitrogens with two attached hydrogens (primary N) is 1. The Morgan fingerprint density at radius 2 is 2.27 bits per heavy atom. The second-order valence-electron chi connectivity index (χ2n) is 3.21. The molecule has 2 heterocycles. The summed E-state index contributed by atoms with van der Waals surface area (Å²) in [5, 5.41) is 14.6. The highest BCUT2D eigenvalue weighted by Crippen LogP contribution is 2.37. The molecule has 84 valence electrons. The maximum absolute atomic E-state index is 11.5. The summed E-state index contributed by atoms with van der Waals surface area (Å²) < 4.78 is 34.1. The summed E-state index contributed by atoms with van der Waals surface area (Å²) in [6.45, 7) is 0. The maximum atomic E-state index is 11.5. The summed E-state index contributed by atoms with van der Waals surface area (Å²) in [5.41, 5.74) is 0.439. The van der Waals surface area contributed by atoms with Crippen molar-refractivity contribution in [2.75, 3.05) is 5.75 Å². The third-order valence-electron chi connectivity index (χ3n) is 2.13. The molecule has 2 atom stereocenters. The number of aliphatic hydroxyl groups is 1. The van der Waals surface area contributed by atoms with Gasteiger partial charge in [0, 0.05) is 11.3 Å². The van der Waals surface area contributed by atoms with Crippen molar-refractivity contribution in [2.24, 2.45) is 5.14 Å². The number of sulfonamides is 1. The van der Waals surface area contributed by atoms with Gasteiger partial charge in [-0.05, 0) is 12.5 Å². The minimum Gasteiger partial charge on any atom is -0.388 e. The molecule has 5 nitrogen and oxygen atoms in total. The second kappa shape index (κ2) is 3.63. The summed E-state index contributed by atoms with van der Waals surface area (Å²) in [6.07, 6.45) is -0.343. The number of aliphatic hydroxyl groups excluding tert-OH is 1. The van der Waals surface area contributed by atoms with Gasteiger partial charge in [0.2, 0.25) is 10.0 Å². The standard InChI is InChI=1S/C7H9NO4S3/c8-15(11,12)6-3-4-5(9)1-2-14(10)7(4)13-6/h3,5,9H,1-2H2,(H2,8,11,12)/t5-,14?/m1/s1. The Bertz CT molecular complexity index is 518. The number of hydrogen-bond donors (Lipinski definition) is 2. The molecule has 1 unspecified atom stereocenters. The molecule has 0 aromatic carbocycles. The molecule has 0 spiro atoms. The normalized spacial score (nSPS) is 26.3. The molecule has 8 heteroatoms. The van der Waals surface area contributed by atoms with Crippen LogP contribution in [-0.4, -0.2) is 23.5 Å². The minimum absolute atomic E-state index is 0.0400. The van der Waals surface area contributed by atoms with Gasteiger partial charge >= 0.3 is 0 Å². The molecule has 0 saturated carbocycles. The van der Waals surface area contributed by atoms with E-state index < -0.39 is 26.9 Å². The lowest BCUT2D eigenvalue weighted by Crippen LogP contribution is -2.12. The first-order valence-electron chi connectivity index (χ1n) is 4.12. The molecule has 1 aliphatic heterocycles. The first-order chi connectivity index (χ1) is 6.89. The molecule has 0 bridgehead atoms. The van der Waals surface area contributed by atoms with Crippen LogP contribution in [0.3, 0.4) is 0 Å². The van der Waals surface area contributed by atoms with E-state index in [1.54, 1.807) is 0 Å². The van der Waals surface area contributed by atoms with E-state index in [4.69, 9.17) is 5.14 Å².